The van der Waals surface area contributed by atoms with Gasteiger partial charge < -0.3 is 9.84 Å². The summed E-state index contributed by atoms with van der Waals surface area (Å²) in [7, 11) is 0. The molecule has 0 radical (unpaired) electrons. The molecule has 0 aromatic heterocycles. The van der Waals surface area contributed by atoms with Gasteiger partial charge in [-0.05, 0) is 38.5 Å². The molecule has 41 heavy (non-hydrogen) atoms. The van der Waals surface area contributed by atoms with Crippen molar-refractivity contribution in [2.45, 2.75) is 200 Å². The van der Waals surface area contributed by atoms with Gasteiger partial charge in [-0.2, -0.15) is 0 Å². The molecule has 0 aliphatic heterocycles. The summed E-state index contributed by atoms with van der Waals surface area (Å²) < 4.78 is 5.16. The Balaban J connectivity index is 3.30. The molecule has 0 bridgehead atoms. The summed E-state index contributed by atoms with van der Waals surface area (Å²) in [6, 6.07) is 0. The number of carboxylic acids is 1. The first-order valence-corrected chi connectivity index (χ1v) is 18.1. The predicted octanol–water partition coefficient (Wildman–Crippen LogP) is 12.1. The van der Waals surface area contributed by atoms with Crippen molar-refractivity contribution < 1.29 is 19.4 Å². The van der Waals surface area contributed by atoms with Gasteiger partial charge in [-0.15, -0.1) is 0 Å². The van der Waals surface area contributed by atoms with Gasteiger partial charge >= 0.3 is 11.9 Å². The summed E-state index contributed by atoms with van der Waals surface area (Å²) >= 11 is 0. The maximum atomic E-state index is 12.0. The Labute approximate surface area is 255 Å². The van der Waals surface area contributed by atoms with E-state index in [-0.39, 0.29) is 12.4 Å². The molecule has 4 heteroatoms. The fraction of sp³-hybridized carbons (Fsp3) is 0.892. The van der Waals surface area contributed by atoms with Gasteiger partial charge in [0.25, 0.3) is 0 Å². The highest BCUT2D eigenvalue weighted by Gasteiger charge is 2.22. The van der Waals surface area contributed by atoms with Crippen LogP contribution in [0.5, 0.6) is 0 Å². The van der Waals surface area contributed by atoms with Crippen molar-refractivity contribution in [3.05, 3.63) is 12.2 Å². The lowest BCUT2D eigenvalue weighted by Crippen LogP contribution is -2.21. The van der Waals surface area contributed by atoms with E-state index in [2.05, 4.69) is 19.1 Å². The lowest BCUT2D eigenvalue weighted by molar-refractivity contribution is -0.153. The Bertz CT molecular complexity index is 585. The molecular formula is C37H70O4. The van der Waals surface area contributed by atoms with Gasteiger partial charge in [0.05, 0.1) is 18.9 Å². The molecule has 4 nitrogen and oxygen atoms in total. The Morgan fingerprint density at radius 3 is 1.27 bits per heavy atom. The van der Waals surface area contributed by atoms with Crippen LogP contribution in [0, 0.1) is 5.92 Å². The molecular weight excluding hydrogens is 508 g/mol. The van der Waals surface area contributed by atoms with Crippen LogP contribution < -0.4 is 0 Å². The van der Waals surface area contributed by atoms with Crippen molar-refractivity contribution in [2.24, 2.45) is 5.92 Å². The molecule has 1 N–H and O–H groups in total. The quantitative estimate of drug-likeness (QED) is 0.0478. The van der Waals surface area contributed by atoms with Crippen molar-refractivity contribution in [3.63, 3.8) is 0 Å². The fourth-order valence-corrected chi connectivity index (χ4v) is 5.59. The number of carbonyl (C=O) groups excluding carboxylic acids is 1. The molecule has 0 heterocycles. The fourth-order valence-electron chi connectivity index (χ4n) is 5.59. The summed E-state index contributed by atoms with van der Waals surface area (Å²) in [5, 5.41) is 9.05. The lowest BCUT2D eigenvalue weighted by atomic mass is 9.97. The zero-order valence-corrected chi connectivity index (χ0v) is 27.6. The minimum absolute atomic E-state index is 0.110. The number of carboxylic acid groups (broad SMARTS) is 1. The van der Waals surface area contributed by atoms with Gasteiger partial charge in [0, 0.05) is 0 Å². The van der Waals surface area contributed by atoms with Crippen LogP contribution in [0.15, 0.2) is 12.2 Å². The third-order valence-corrected chi connectivity index (χ3v) is 8.27. The Kier molecular flexibility index (Phi) is 32.1. The van der Waals surface area contributed by atoms with Crippen molar-refractivity contribution in [1.29, 1.82) is 0 Å². The van der Waals surface area contributed by atoms with Crippen LogP contribution >= 0.6 is 0 Å². The third kappa shape index (κ3) is 31.4. The van der Waals surface area contributed by atoms with Crippen LogP contribution in [0.25, 0.3) is 0 Å². The first-order chi connectivity index (χ1) is 20.1. The number of hydrogen-bond donors (Lipinski definition) is 1. The molecule has 0 spiro atoms. The van der Waals surface area contributed by atoms with E-state index < -0.39 is 11.9 Å². The topological polar surface area (TPSA) is 63.6 Å². The third-order valence-electron chi connectivity index (χ3n) is 8.27. The van der Waals surface area contributed by atoms with Crippen molar-refractivity contribution >= 4 is 11.9 Å². The molecule has 0 amide bonds. The molecule has 0 aromatic carbocycles. The summed E-state index contributed by atoms with van der Waals surface area (Å²) in [6.45, 7) is 4.60. The van der Waals surface area contributed by atoms with E-state index in [0.717, 1.165) is 19.3 Å². The van der Waals surface area contributed by atoms with E-state index in [1.807, 2.05) is 6.92 Å². The van der Waals surface area contributed by atoms with Crippen LogP contribution in [0.4, 0.5) is 0 Å². The Morgan fingerprint density at radius 1 is 0.537 bits per heavy atom. The van der Waals surface area contributed by atoms with Gasteiger partial charge in [0.15, 0.2) is 0 Å². The van der Waals surface area contributed by atoms with Crippen LogP contribution in [0.3, 0.4) is 0 Å². The van der Waals surface area contributed by atoms with Gasteiger partial charge in [-0.3, -0.25) is 9.59 Å². The standard InChI is InChI=1S/C37H70O4/c1-3-5-6-7-8-9-10-11-12-13-14-15-16-17-18-19-20-21-22-23-24-25-26-27-28-29-30-31-32-35(34-36(38)39)37(40)41-33-4-2/h8-9,35H,3-7,10-34H2,1-2H3,(H,38,39)/b9-8+. The highest BCUT2D eigenvalue weighted by molar-refractivity contribution is 5.79. The summed E-state index contributed by atoms with van der Waals surface area (Å²) in [6.07, 6.45) is 41.0. The number of esters is 1. The second kappa shape index (κ2) is 33.2. The minimum atomic E-state index is -0.915. The largest absolute Gasteiger partial charge is 0.481 e. The number of allylic oxidation sites excluding steroid dienone is 2. The molecule has 0 saturated carbocycles. The smallest absolute Gasteiger partial charge is 0.309 e. The Morgan fingerprint density at radius 2 is 0.902 bits per heavy atom. The molecule has 242 valence electrons. The molecule has 0 rings (SSSR count). The van der Waals surface area contributed by atoms with Crippen molar-refractivity contribution in [1.82, 2.24) is 0 Å². The summed E-state index contributed by atoms with van der Waals surface area (Å²) in [5.74, 6) is -1.73. The number of unbranched alkanes of at least 4 members (excludes halogenated alkanes) is 24. The van der Waals surface area contributed by atoms with Crippen LogP contribution in [0.1, 0.15) is 200 Å². The molecule has 0 aliphatic carbocycles. The molecule has 1 unspecified atom stereocenters. The highest BCUT2D eigenvalue weighted by Crippen LogP contribution is 2.19. The van der Waals surface area contributed by atoms with E-state index >= 15 is 0 Å². The van der Waals surface area contributed by atoms with Crippen molar-refractivity contribution in [2.75, 3.05) is 6.61 Å². The summed E-state index contributed by atoms with van der Waals surface area (Å²) in [5.41, 5.74) is 0. The summed E-state index contributed by atoms with van der Waals surface area (Å²) in [4.78, 5) is 23.1. The number of ether oxygens (including phenoxy) is 1. The number of hydrogen-bond acceptors (Lipinski definition) is 3. The molecule has 0 saturated heterocycles. The second-order valence-corrected chi connectivity index (χ2v) is 12.4. The van der Waals surface area contributed by atoms with E-state index in [4.69, 9.17) is 9.84 Å². The normalized spacial score (nSPS) is 12.2. The zero-order chi connectivity index (χ0) is 30.1. The van der Waals surface area contributed by atoms with Crippen LogP contribution in [-0.2, 0) is 14.3 Å². The highest BCUT2D eigenvalue weighted by atomic mass is 16.5. The average Bonchev–Trinajstić information content (AvgIpc) is 2.96. The van der Waals surface area contributed by atoms with E-state index in [9.17, 15) is 9.59 Å². The molecule has 0 aliphatic rings. The lowest BCUT2D eigenvalue weighted by Gasteiger charge is -2.13. The minimum Gasteiger partial charge on any atom is -0.481 e. The van der Waals surface area contributed by atoms with Crippen LogP contribution in [0.2, 0.25) is 0 Å². The second-order valence-electron chi connectivity index (χ2n) is 12.4. The predicted molar refractivity (Wildman–Crippen MR) is 176 cm³/mol. The van der Waals surface area contributed by atoms with Gasteiger partial charge in [0.2, 0.25) is 0 Å². The van der Waals surface area contributed by atoms with E-state index in [0.29, 0.717) is 13.0 Å². The number of carbonyl (C=O) groups is 2. The molecule has 1 atom stereocenters. The van der Waals surface area contributed by atoms with Gasteiger partial charge in [-0.1, -0.05) is 167 Å². The maximum Gasteiger partial charge on any atom is 0.309 e. The average molecular weight is 579 g/mol. The first kappa shape index (κ1) is 39.7. The molecule has 0 fully saturated rings. The van der Waals surface area contributed by atoms with Crippen molar-refractivity contribution in [3.8, 4) is 0 Å². The van der Waals surface area contributed by atoms with Gasteiger partial charge in [-0.25, -0.2) is 0 Å². The number of rotatable bonds is 33. The monoisotopic (exact) mass is 579 g/mol. The van der Waals surface area contributed by atoms with Gasteiger partial charge in [0.1, 0.15) is 0 Å². The molecule has 0 aromatic rings. The van der Waals surface area contributed by atoms with E-state index in [1.54, 1.807) is 0 Å². The Hall–Kier alpha value is -1.32. The first-order valence-electron chi connectivity index (χ1n) is 18.1. The maximum absolute atomic E-state index is 12.0. The van der Waals surface area contributed by atoms with E-state index in [1.165, 1.54) is 154 Å². The van der Waals surface area contributed by atoms with Crippen LogP contribution in [-0.4, -0.2) is 23.7 Å². The SMILES string of the molecule is CCCCC/C=C/CCCCCCCCCCCCCCCCCCCCCCCC(CC(=O)O)C(=O)OCCC. The number of aliphatic carboxylic acids is 1. The zero-order valence-electron chi connectivity index (χ0n) is 27.6.